The van der Waals surface area contributed by atoms with Gasteiger partial charge < -0.3 is 10.4 Å². The van der Waals surface area contributed by atoms with Crippen LogP contribution in [0.4, 0.5) is 13.2 Å². The first-order valence-electron chi connectivity index (χ1n) is 11.2. The van der Waals surface area contributed by atoms with Crippen molar-refractivity contribution in [2.45, 2.75) is 65.6 Å². The molecule has 34 heavy (non-hydrogen) atoms. The molecule has 2 N–H and O–H groups in total. The molecule has 188 valence electrons. The number of nitrogens with one attached hydrogen (secondary N) is 1. The van der Waals surface area contributed by atoms with Crippen LogP contribution in [0.5, 0.6) is 0 Å². The fraction of sp³-hybridized carbons (Fsp3) is 0.423. The van der Waals surface area contributed by atoms with Crippen molar-refractivity contribution in [3.63, 3.8) is 0 Å². The SMILES string of the molecule is C=C(Cl)/C=C(C(=NC(CC)c1cccc(C(F)(F)F)c1CCCO)N/C(Cl)=C/CC)\C(C)=C/C. The number of benzene rings is 1. The van der Waals surface area contributed by atoms with E-state index in [1.807, 2.05) is 33.8 Å². The normalized spacial score (nSPS) is 14.9. The number of allylic oxidation sites excluding steroid dienone is 4. The van der Waals surface area contributed by atoms with Crippen molar-refractivity contribution in [2.24, 2.45) is 4.99 Å². The summed E-state index contributed by atoms with van der Waals surface area (Å²) < 4.78 is 41.4. The molecule has 0 amide bonds. The second kappa shape index (κ2) is 14.4. The molecule has 0 bridgehead atoms. The lowest BCUT2D eigenvalue weighted by Gasteiger charge is -2.22. The van der Waals surface area contributed by atoms with Gasteiger partial charge in [-0.15, -0.1) is 0 Å². The van der Waals surface area contributed by atoms with Crippen LogP contribution in [0.1, 0.15) is 69.7 Å². The molecule has 0 spiro atoms. The molecule has 0 fully saturated rings. The Morgan fingerprint density at radius 3 is 2.44 bits per heavy atom. The molecule has 1 rings (SSSR count). The highest BCUT2D eigenvalue weighted by Gasteiger charge is 2.34. The third kappa shape index (κ3) is 8.97. The lowest BCUT2D eigenvalue weighted by Crippen LogP contribution is -2.25. The zero-order chi connectivity index (χ0) is 25.9. The molecular formula is C26H33Cl2F3N2O. The number of rotatable bonds is 11. The maximum atomic E-state index is 13.8. The van der Waals surface area contributed by atoms with Crippen molar-refractivity contribution in [2.75, 3.05) is 6.61 Å². The summed E-state index contributed by atoms with van der Waals surface area (Å²) in [6.45, 7) is 11.1. The van der Waals surface area contributed by atoms with Crippen LogP contribution >= 0.6 is 23.2 Å². The first kappa shape index (κ1) is 30.0. The van der Waals surface area contributed by atoms with Gasteiger partial charge in [-0.1, -0.05) is 61.8 Å². The molecule has 0 saturated carbocycles. The van der Waals surface area contributed by atoms with Crippen LogP contribution in [0.2, 0.25) is 0 Å². The van der Waals surface area contributed by atoms with Gasteiger partial charge in [0.15, 0.2) is 0 Å². The predicted molar refractivity (Wildman–Crippen MR) is 137 cm³/mol. The highest BCUT2D eigenvalue weighted by molar-refractivity contribution is 6.32. The van der Waals surface area contributed by atoms with E-state index in [1.54, 1.807) is 18.2 Å². The van der Waals surface area contributed by atoms with Crippen LogP contribution in [0.3, 0.4) is 0 Å². The first-order valence-corrected chi connectivity index (χ1v) is 12.0. The second-order valence-electron chi connectivity index (χ2n) is 7.66. The monoisotopic (exact) mass is 516 g/mol. The van der Waals surface area contributed by atoms with Crippen molar-refractivity contribution < 1.29 is 18.3 Å². The number of nitrogens with zero attached hydrogens (tertiary/aromatic N) is 1. The third-order valence-electron chi connectivity index (χ3n) is 5.17. The van der Waals surface area contributed by atoms with Crippen LogP contribution < -0.4 is 5.32 Å². The number of amidine groups is 1. The van der Waals surface area contributed by atoms with Gasteiger partial charge in [-0.3, -0.25) is 4.99 Å². The van der Waals surface area contributed by atoms with Gasteiger partial charge >= 0.3 is 6.18 Å². The summed E-state index contributed by atoms with van der Waals surface area (Å²) in [5.74, 6) is 0.379. The summed E-state index contributed by atoms with van der Waals surface area (Å²) in [5, 5.41) is 13.0. The summed E-state index contributed by atoms with van der Waals surface area (Å²) in [7, 11) is 0. The number of hydrogen-bond donors (Lipinski definition) is 2. The number of aliphatic imine (C=N–C) groups is 1. The number of halogens is 5. The summed E-state index contributed by atoms with van der Waals surface area (Å²) in [5.41, 5.74) is 1.37. The minimum Gasteiger partial charge on any atom is -0.396 e. The fourth-order valence-corrected chi connectivity index (χ4v) is 3.80. The highest BCUT2D eigenvalue weighted by atomic mass is 35.5. The number of alkyl halides is 3. The molecule has 1 unspecified atom stereocenters. The summed E-state index contributed by atoms with van der Waals surface area (Å²) in [6, 6.07) is 3.53. The van der Waals surface area contributed by atoms with E-state index in [0.717, 1.165) is 11.6 Å². The van der Waals surface area contributed by atoms with Gasteiger partial charge in [0, 0.05) is 17.2 Å². The molecule has 0 aliphatic heterocycles. The lowest BCUT2D eigenvalue weighted by atomic mass is 9.91. The van der Waals surface area contributed by atoms with E-state index >= 15 is 0 Å². The molecule has 0 radical (unpaired) electrons. The minimum atomic E-state index is -4.51. The van der Waals surface area contributed by atoms with Gasteiger partial charge in [0.25, 0.3) is 0 Å². The average molecular weight is 517 g/mol. The molecule has 1 aromatic carbocycles. The molecule has 1 atom stereocenters. The van der Waals surface area contributed by atoms with E-state index < -0.39 is 17.8 Å². The zero-order valence-electron chi connectivity index (χ0n) is 20.1. The Balaban J connectivity index is 3.82. The molecule has 0 heterocycles. The zero-order valence-corrected chi connectivity index (χ0v) is 21.6. The van der Waals surface area contributed by atoms with E-state index in [0.29, 0.717) is 35.0 Å². The van der Waals surface area contributed by atoms with E-state index in [2.05, 4.69) is 11.9 Å². The molecule has 0 aromatic heterocycles. The number of hydrogen-bond acceptors (Lipinski definition) is 2. The maximum absolute atomic E-state index is 13.8. The molecule has 0 aliphatic carbocycles. The third-order valence-corrected chi connectivity index (χ3v) is 5.53. The standard InChI is InChI=1S/C26H33Cl2F3N2O/c1-6-11-24(28)33-25(21(16-18(5)27)17(4)7-2)32-23(8-3)20-12-9-14-22(26(29,30)31)19(20)13-10-15-34/h7,9,11-12,14,16,23,34H,5-6,8,10,13,15H2,1-4H3,(H,32,33)/b17-7-,21-16+,24-11+. The van der Waals surface area contributed by atoms with Gasteiger partial charge in [0.2, 0.25) is 0 Å². The van der Waals surface area contributed by atoms with Gasteiger partial charge in [0.05, 0.1) is 11.6 Å². The fourth-order valence-electron chi connectivity index (χ4n) is 3.45. The van der Waals surface area contributed by atoms with Crippen LogP contribution in [0, 0.1) is 0 Å². The maximum Gasteiger partial charge on any atom is 0.416 e. The summed E-state index contributed by atoms with van der Waals surface area (Å²) in [6.07, 6.45) is 2.19. The topological polar surface area (TPSA) is 44.6 Å². The van der Waals surface area contributed by atoms with Crippen LogP contribution in [0.15, 0.2) is 69.3 Å². The largest absolute Gasteiger partial charge is 0.416 e. The first-order chi connectivity index (χ1) is 16.0. The summed E-state index contributed by atoms with van der Waals surface area (Å²) in [4.78, 5) is 4.84. The molecule has 8 heteroatoms. The van der Waals surface area contributed by atoms with E-state index in [1.165, 1.54) is 6.07 Å². The Hall–Kier alpha value is -2.02. The quantitative estimate of drug-likeness (QED) is 0.135. The van der Waals surface area contributed by atoms with Crippen LogP contribution in [0.25, 0.3) is 0 Å². The highest BCUT2D eigenvalue weighted by Crippen LogP contribution is 2.37. The van der Waals surface area contributed by atoms with Crippen LogP contribution in [-0.4, -0.2) is 17.5 Å². The Kier molecular flexibility index (Phi) is 12.7. The molecule has 1 aromatic rings. The average Bonchev–Trinajstić information content (AvgIpc) is 2.77. The van der Waals surface area contributed by atoms with Crippen molar-refractivity contribution in [3.8, 4) is 0 Å². The van der Waals surface area contributed by atoms with Crippen LogP contribution in [-0.2, 0) is 12.6 Å². The summed E-state index contributed by atoms with van der Waals surface area (Å²) >= 11 is 12.4. The minimum absolute atomic E-state index is 0.0852. The van der Waals surface area contributed by atoms with E-state index in [9.17, 15) is 18.3 Å². The predicted octanol–water partition coefficient (Wildman–Crippen LogP) is 8.20. The Morgan fingerprint density at radius 2 is 1.94 bits per heavy atom. The van der Waals surface area contributed by atoms with E-state index in [4.69, 9.17) is 28.2 Å². The van der Waals surface area contributed by atoms with Crippen molar-refractivity contribution in [3.05, 3.63) is 81.0 Å². The second-order valence-corrected chi connectivity index (χ2v) is 8.55. The van der Waals surface area contributed by atoms with Crippen molar-refractivity contribution in [1.82, 2.24) is 5.32 Å². The molecule has 3 nitrogen and oxygen atoms in total. The van der Waals surface area contributed by atoms with Crippen molar-refractivity contribution in [1.29, 1.82) is 0 Å². The van der Waals surface area contributed by atoms with Gasteiger partial charge in [-0.25, -0.2) is 0 Å². The van der Waals surface area contributed by atoms with E-state index in [-0.39, 0.29) is 30.0 Å². The lowest BCUT2D eigenvalue weighted by molar-refractivity contribution is -0.138. The molecule has 0 aliphatic rings. The number of aliphatic hydroxyl groups is 1. The van der Waals surface area contributed by atoms with Gasteiger partial charge in [0.1, 0.15) is 11.0 Å². The smallest absolute Gasteiger partial charge is 0.396 e. The Bertz CT molecular complexity index is 963. The Labute approximate surface area is 210 Å². The number of aliphatic hydroxyl groups excluding tert-OH is 1. The van der Waals surface area contributed by atoms with Gasteiger partial charge in [-0.2, -0.15) is 13.2 Å². The van der Waals surface area contributed by atoms with Gasteiger partial charge in [-0.05, 0) is 74.4 Å². The Morgan fingerprint density at radius 1 is 1.26 bits per heavy atom. The molecular weight excluding hydrogens is 484 g/mol. The molecule has 0 saturated heterocycles. The van der Waals surface area contributed by atoms with Crippen molar-refractivity contribution >= 4 is 29.0 Å².